The predicted octanol–water partition coefficient (Wildman–Crippen LogP) is 5.11. The van der Waals surface area contributed by atoms with Crippen LogP contribution in [0.15, 0.2) is 53.4 Å². The van der Waals surface area contributed by atoms with Crippen LogP contribution in [0.2, 0.25) is 0 Å². The second kappa shape index (κ2) is 7.69. The molecule has 0 spiro atoms. The summed E-state index contributed by atoms with van der Waals surface area (Å²) in [4.78, 5) is 23.2. The minimum Gasteiger partial charge on any atom is -0.368 e. The molecule has 160 valence electrons. The number of nitrogens with zero attached hydrogens (tertiary/aromatic N) is 4. The van der Waals surface area contributed by atoms with Crippen molar-refractivity contribution in [2.75, 3.05) is 31.1 Å². The summed E-state index contributed by atoms with van der Waals surface area (Å²) < 4.78 is 40.8. The Kier molecular flexibility index (Phi) is 4.98. The fourth-order valence-electron chi connectivity index (χ4n) is 3.69. The van der Waals surface area contributed by atoms with E-state index in [0.29, 0.717) is 37.6 Å². The number of carbonyl (C=O) groups excluding carboxylic acids is 1. The van der Waals surface area contributed by atoms with Crippen molar-refractivity contribution in [3.05, 3.63) is 64.6 Å². The molecule has 1 aliphatic rings. The van der Waals surface area contributed by atoms with Gasteiger partial charge in [0.05, 0.1) is 10.4 Å². The van der Waals surface area contributed by atoms with Crippen LogP contribution in [-0.4, -0.2) is 46.4 Å². The highest BCUT2D eigenvalue weighted by Gasteiger charge is 2.31. The van der Waals surface area contributed by atoms with E-state index >= 15 is 0 Å². The van der Waals surface area contributed by atoms with Crippen LogP contribution in [0.1, 0.15) is 16.1 Å². The normalized spacial score (nSPS) is 15.1. The Morgan fingerprint density at radius 1 is 1.03 bits per heavy atom. The Bertz CT molecular complexity index is 1220. The summed E-state index contributed by atoms with van der Waals surface area (Å²) in [7, 11) is 0. The first-order valence-corrected chi connectivity index (χ1v) is 11.4. The maximum atomic E-state index is 13.1. The highest BCUT2D eigenvalue weighted by Crippen LogP contribution is 2.32. The number of fused-ring (bicyclic) bond motifs is 1. The van der Waals surface area contributed by atoms with E-state index in [0.717, 1.165) is 27.7 Å². The van der Waals surface area contributed by atoms with E-state index in [1.807, 2.05) is 38.4 Å². The third kappa shape index (κ3) is 3.81. The van der Waals surface area contributed by atoms with Crippen LogP contribution < -0.4 is 4.90 Å². The molecule has 0 bridgehead atoms. The Morgan fingerprint density at radius 2 is 1.84 bits per heavy atom. The average Bonchev–Trinajstić information content (AvgIpc) is 3.50. The SMILES string of the molecule is O=C(c1csc2nc(-c3cccs3)cn12)N1CCN(c2cccc(C(F)(F)F)c2)CC1. The molecule has 0 N–H and O–H groups in total. The first-order valence-electron chi connectivity index (χ1n) is 9.62. The number of imidazole rings is 1. The molecular formula is C21H17F3N4OS2. The minimum absolute atomic E-state index is 0.0925. The first kappa shape index (κ1) is 20.1. The number of anilines is 1. The van der Waals surface area contributed by atoms with Crippen molar-refractivity contribution >= 4 is 39.2 Å². The predicted molar refractivity (Wildman–Crippen MR) is 116 cm³/mol. The lowest BCUT2D eigenvalue weighted by atomic mass is 10.1. The van der Waals surface area contributed by atoms with Crippen LogP contribution in [0.5, 0.6) is 0 Å². The molecular weight excluding hydrogens is 445 g/mol. The van der Waals surface area contributed by atoms with Crippen LogP contribution >= 0.6 is 22.7 Å². The summed E-state index contributed by atoms with van der Waals surface area (Å²) in [6, 6.07) is 9.28. The van der Waals surface area contributed by atoms with Crippen molar-refractivity contribution < 1.29 is 18.0 Å². The van der Waals surface area contributed by atoms with Crippen molar-refractivity contribution in [1.29, 1.82) is 0 Å². The molecule has 1 fully saturated rings. The van der Waals surface area contributed by atoms with E-state index in [2.05, 4.69) is 4.98 Å². The number of amides is 1. The molecule has 0 atom stereocenters. The Hall–Kier alpha value is -2.85. The molecule has 5 rings (SSSR count). The molecule has 0 radical (unpaired) electrons. The van der Waals surface area contributed by atoms with E-state index < -0.39 is 11.7 Å². The van der Waals surface area contributed by atoms with Gasteiger partial charge in [0.15, 0.2) is 4.96 Å². The largest absolute Gasteiger partial charge is 0.416 e. The molecule has 1 aromatic carbocycles. The average molecular weight is 463 g/mol. The lowest BCUT2D eigenvalue weighted by Gasteiger charge is -2.36. The van der Waals surface area contributed by atoms with Crippen LogP contribution in [0.4, 0.5) is 18.9 Å². The molecule has 3 aromatic heterocycles. The summed E-state index contributed by atoms with van der Waals surface area (Å²) >= 11 is 3.01. The number of rotatable bonds is 3. The summed E-state index contributed by atoms with van der Waals surface area (Å²) in [5.41, 5.74) is 1.26. The molecule has 1 saturated heterocycles. The Balaban J connectivity index is 1.30. The number of aromatic nitrogens is 2. The van der Waals surface area contributed by atoms with E-state index in [1.165, 1.54) is 17.4 Å². The van der Waals surface area contributed by atoms with Crippen LogP contribution in [0.3, 0.4) is 0 Å². The third-order valence-electron chi connectivity index (χ3n) is 5.31. The summed E-state index contributed by atoms with van der Waals surface area (Å²) in [6.45, 7) is 1.84. The Morgan fingerprint density at radius 3 is 2.55 bits per heavy atom. The van der Waals surface area contributed by atoms with Crippen molar-refractivity contribution in [3.63, 3.8) is 0 Å². The maximum Gasteiger partial charge on any atom is 0.416 e. The zero-order chi connectivity index (χ0) is 21.6. The molecule has 5 nitrogen and oxygen atoms in total. The quantitative estimate of drug-likeness (QED) is 0.425. The van der Waals surface area contributed by atoms with Gasteiger partial charge in [-0.3, -0.25) is 9.20 Å². The second-order valence-electron chi connectivity index (χ2n) is 7.20. The monoisotopic (exact) mass is 462 g/mol. The number of hydrogen-bond acceptors (Lipinski definition) is 5. The standard InChI is InChI=1S/C21H17F3N4OS2/c22-21(23,24)14-3-1-4-15(11-14)26-6-8-27(9-7-26)19(29)17-13-31-20-25-16(12-28(17)20)18-5-2-10-30-18/h1-5,10-13H,6-9H2. The molecule has 0 unspecified atom stereocenters. The van der Waals surface area contributed by atoms with Gasteiger partial charge in [-0.2, -0.15) is 13.2 Å². The summed E-state index contributed by atoms with van der Waals surface area (Å²) in [5.74, 6) is -0.0925. The fraction of sp³-hybridized carbons (Fsp3) is 0.238. The second-order valence-corrected chi connectivity index (χ2v) is 8.99. The fourth-order valence-corrected chi connectivity index (χ4v) is 5.22. The van der Waals surface area contributed by atoms with Crippen molar-refractivity contribution in [3.8, 4) is 10.6 Å². The third-order valence-corrected chi connectivity index (χ3v) is 7.04. The summed E-state index contributed by atoms with van der Waals surface area (Å²) in [5, 5.41) is 3.79. The zero-order valence-corrected chi connectivity index (χ0v) is 17.8. The molecule has 1 aliphatic heterocycles. The number of alkyl halides is 3. The van der Waals surface area contributed by atoms with Crippen molar-refractivity contribution in [2.45, 2.75) is 6.18 Å². The number of carbonyl (C=O) groups is 1. The van der Waals surface area contributed by atoms with Gasteiger partial charge >= 0.3 is 6.18 Å². The molecule has 4 aromatic rings. The summed E-state index contributed by atoms with van der Waals surface area (Å²) in [6.07, 6.45) is -2.49. The minimum atomic E-state index is -4.37. The number of benzene rings is 1. The van der Waals surface area contributed by atoms with Gasteiger partial charge in [0.25, 0.3) is 5.91 Å². The van der Waals surface area contributed by atoms with E-state index in [-0.39, 0.29) is 5.91 Å². The number of piperazine rings is 1. The first-order chi connectivity index (χ1) is 14.9. The molecule has 0 aliphatic carbocycles. The van der Waals surface area contributed by atoms with Gasteiger partial charge in [-0.1, -0.05) is 12.1 Å². The molecule has 10 heteroatoms. The van der Waals surface area contributed by atoms with Crippen molar-refractivity contribution in [1.82, 2.24) is 14.3 Å². The smallest absolute Gasteiger partial charge is 0.368 e. The van der Waals surface area contributed by atoms with Gasteiger partial charge in [-0.25, -0.2) is 4.98 Å². The maximum absolute atomic E-state index is 13.1. The number of halogens is 3. The molecule has 31 heavy (non-hydrogen) atoms. The van der Waals surface area contributed by atoms with Gasteiger partial charge in [0.1, 0.15) is 11.4 Å². The van der Waals surface area contributed by atoms with Gasteiger partial charge in [0.2, 0.25) is 0 Å². The van der Waals surface area contributed by atoms with Crippen LogP contribution in [-0.2, 0) is 6.18 Å². The number of thiazole rings is 1. The Labute approximate surface area is 184 Å². The highest BCUT2D eigenvalue weighted by atomic mass is 32.1. The van der Waals surface area contributed by atoms with Gasteiger partial charge in [0, 0.05) is 43.4 Å². The molecule has 1 amide bonds. The van der Waals surface area contributed by atoms with E-state index in [4.69, 9.17) is 0 Å². The topological polar surface area (TPSA) is 40.9 Å². The zero-order valence-electron chi connectivity index (χ0n) is 16.2. The van der Waals surface area contributed by atoms with E-state index in [1.54, 1.807) is 22.3 Å². The van der Waals surface area contributed by atoms with Gasteiger partial charge < -0.3 is 9.80 Å². The molecule has 4 heterocycles. The van der Waals surface area contributed by atoms with Gasteiger partial charge in [-0.15, -0.1) is 22.7 Å². The highest BCUT2D eigenvalue weighted by molar-refractivity contribution is 7.15. The lowest BCUT2D eigenvalue weighted by Crippen LogP contribution is -2.49. The van der Waals surface area contributed by atoms with Crippen LogP contribution in [0, 0.1) is 0 Å². The lowest BCUT2D eigenvalue weighted by molar-refractivity contribution is -0.137. The number of hydrogen-bond donors (Lipinski definition) is 0. The van der Waals surface area contributed by atoms with Gasteiger partial charge in [-0.05, 0) is 29.6 Å². The molecule has 0 saturated carbocycles. The van der Waals surface area contributed by atoms with Crippen molar-refractivity contribution in [2.24, 2.45) is 0 Å². The van der Waals surface area contributed by atoms with E-state index in [9.17, 15) is 18.0 Å². The van der Waals surface area contributed by atoms with Crippen LogP contribution in [0.25, 0.3) is 15.5 Å². The number of thiophene rings is 1.